The Hall–Kier alpha value is -0.780. The fraction of sp³-hybridized carbons (Fsp3) is 0.500. The number of amides is 1. The minimum atomic E-state index is -0.759. The molecular formula is C14H17BrClNO3. The molecule has 0 aromatic heterocycles. The first kappa shape index (κ1) is 15.6. The van der Waals surface area contributed by atoms with Gasteiger partial charge in [0.05, 0.1) is 18.1 Å². The Morgan fingerprint density at radius 2 is 2.20 bits per heavy atom. The summed E-state index contributed by atoms with van der Waals surface area (Å²) in [5.74, 6) is 0.463. The zero-order valence-corrected chi connectivity index (χ0v) is 13.7. The van der Waals surface area contributed by atoms with Gasteiger partial charge in [0.25, 0.3) is 5.91 Å². The molecule has 0 saturated carbocycles. The van der Waals surface area contributed by atoms with Gasteiger partial charge in [0.2, 0.25) is 0 Å². The van der Waals surface area contributed by atoms with Crippen molar-refractivity contribution in [2.24, 2.45) is 5.92 Å². The average molecular weight is 363 g/mol. The van der Waals surface area contributed by atoms with Crippen molar-refractivity contribution in [3.8, 4) is 5.75 Å². The van der Waals surface area contributed by atoms with Crippen molar-refractivity contribution in [1.82, 2.24) is 4.90 Å². The van der Waals surface area contributed by atoms with E-state index in [2.05, 4.69) is 15.9 Å². The lowest BCUT2D eigenvalue weighted by atomic mass is 9.83. The summed E-state index contributed by atoms with van der Waals surface area (Å²) in [6, 6.07) is 5.22. The molecule has 1 aliphatic heterocycles. The zero-order chi connectivity index (χ0) is 14.9. The van der Waals surface area contributed by atoms with Crippen molar-refractivity contribution >= 4 is 33.4 Å². The zero-order valence-electron chi connectivity index (χ0n) is 11.4. The predicted molar refractivity (Wildman–Crippen MR) is 81.0 cm³/mol. The summed E-state index contributed by atoms with van der Waals surface area (Å²) in [4.78, 5) is 13.5. The Kier molecular flexibility index (Phi) is 4.62. The highest BCUT2D eigenvalue weighted by molar-refractivity contribution is 9.10. The molecule has 0 radical (unpaired) electrons. The number of rotatable bonds is 4. The van der Waals surface area contributed by atoms with E-state index >= 15 is 0 Å². The number of carbonyl (C=O) groups excluding carboxylic acids is 1. The van der Waals surface area contributed by atoms with E-state index in [-0.39, 0.29) is 18.4 Å². The van der Waals surface area contributed by atoms with E-state index in [0.717, 1.165) is 4.47 Å². The van der Waals surface area contributed by atoms with Gasteiger partial charge in [-0.15, -0.1) is 0 Å². The molecule has 1 saturated heterocycles. The first-order valence-corrected chi connectivity index (χ1v) is 7.57. The number of aliphatic hydroxyl groups is 1. The summed E-state index contributed by atoms with van der Waals surface area (Å²) in [5.41, 5.74) is -0.759. The Labute approximate surface area is 131 Å². The maximum absolute atomic E-state index is 11.9. The standard InChI is InChI=1S/C14H17BrClNO3/c1-9(2)14(19)7-17(8-14)13(18)6-20-12-4-3-10(15)5-11(12)16/h3-5,9,19H,6-8H2,1-2H3. The molecule has 110 valence electrons. The van der Waals surface area contributed by atoms with Gasteiger partial charge in [-0.3, -0.25) is 4.79 Å². The second-order valence-electron chi connectivity index (χ2n) is 5.37. The summed E-state index contributed by atoms with van der Waals surface area (Å²) < 4.78 is 6.27. The van der Waals surface area contributed by atoms with Gasteiger partial charge < -0.3 is 14.7 Å². The molecule has 0 unspecified atom stereocenters. The number of β-amino-alcohol motifs (C(OH)–C–C–N with tert-alkyl or cyclic N) is 1. The summed E-state index contributed by atoms with van der Waals surface area (Å²) in [6.45, 7) is 4.54. The molecule has 0 aliphatic carbocycles. The second kappa shape index (κ2) is 5.92. The van der Waals surface area contributed by atoms with Crippen LogP contribution in [-0.2, 0) is 4.79 Å². The first-order chi connectivity index (χ1) is 9.32. The van der Waals surface area contributed by atoms with Crippen LogP contribution >= 0.6 is 27.5 Å². The number of ether oxygens (including phenoxy) is 1. The SMILES string of the molecule is CC(C)C1(O)CN(C(=O)COc2ccc(Br)cc2Cl)C1. The van der Waals surface area contributed by atoms with Gasteiger partial charge in [-0.05, 0) is 24.1 Å². The normalized spacial score (nSPS) is 17.0. The van der Waals surface area contributed by atoms with Crippen molar-refractivity contribution in [3.63, 3.8) is 0 Å². The van der Waals surface area contributed by atoms with Crippen LogP contribution in [0.3, 0.4) is 0 Å². The maximum Gasteiger partial charge on any atom is 0.260 e. The molecule has 1 aromatic carbocycles. The number of halogens is 2. The number of likely N-dealkylation sites (tertiary alicyclic amines) is 1. The smallest absolute Gasteiger partial charge is 0.260 e. The highest BCUT2D eigenvalue weighted by Gasteiger charge is 2.45. The molecule has 0 bridgehead atoms. The van der Waals surface area contributed by atoms with E-state index in [1.165, 1.54) is 0 Å². The van der Waals surface area contributed by atoms with Crippen LogP contribution in [0.5, 0.6) is 5.75 Å². The Morgan fingerprint density at radius 1 is 1.55 bits per heavy atom. The fourth-order valence-corrected chi connectivity index (χ4v) is 2.71. The molecule has 0 atom stereocenters. The largest absolute Gasteiger partial charge is 0.482 e. The lowest BCUT2D eigenvalue weighted by Crippen LogP contribution is -2.66. The minimum Gasteiger partial charge on any atom is -0.482 e. The van der Waals surface area contributed by atoms with Crippen molar-refractivity contribution in [2.45, 2.75) is 19.4 Å². The number of benzene rings is 1. The molecule has 2 rings (SSSR count). The van der Waals surface area contributed by atoms with E-state index in [0.29, 0.717) is 23.9 Å². The third kappa shape index (κ3) is 3.27. The Morgan fingerprint density at radius 3 is 2.75 bits per heavy atom. The van der Waals surface area contributed by atoms with Gasteiger partial charge in [-0.25, -0.2) is 0 Å². The molecule has 1 heterocycles. The summed E-state index contributed by atoms with van der Waals surface area (Å²) >= 11 is 9.31. The molecule has 6 heteroatoms. The maximum atomic E-state index is 11.9. The van der Waals surface area contributed by atoms with Crippen molar-refractivity contribution < 1.29 is 14.6 Å². The van der Waals surface area contributed by atoms with Crippen LogP contribution in [0, 0.1) is 5.92 Å². The molecule has 20 heavy (non-hydrogen) atoms. The number of hydrogen-bond acceptors (Lipinski definition) is 3. The van der Waals surface area contributed by atoms with E-state index in [9.17, 15) is 9.90 Å². The van der Waals surface area contributed by atoms with E-state index in [4.69, 9.17) is 16.3 Å². The molecule has 1 aliphatic rings. The highest BCUT2D eigenvalue weighted by Crippen LogP contribution is 2.30. The molecule has 0 spiro atoms. The minimum absolute atomic E-state index is 0.0739. The van der Waals surface area contributed by atoms with Crippen LogP contribution in [0.4, 0.5) is 0 Å². The average Bonchev–Trinajstić information content (AvgIpc) is 2.33. The molecule has 1 fully saturated rings. The van der Waals surface area contributed by atoms with Gasteiger partial charge in [0.1, 0.15) is 11.4 Å². The van der Waals surface area contributed by atoms with Crippen molar-refractivity contribution in [3.05, 3.63) is 27.7 Å². The topological polar surface area (TPSA) is 49.8 Å². The van der Waals surface area contributed by atoms with Crippen LogP contribution < -0.4 is 4.74 Å². The van der Waals surface area contributed by atoms with Crippen molar-refractivity contribution in [2.75, 3.05) is 19.7 Å². The van der Waals surface area contributed by atoms with Crippen LogP contribution in [0.25, 0.3) is 0 Å². The van der Waals surface area contributed by atoms with Gasteiger partial charge >= 0.3 is 0 Å². The number of carbonyl (C=O) groups is 1. The molecule has 1 aromatic rings. The van der Waals surface area contributed by atoms with Gasteiger partial charge in [-0.2, -0.15) is 0 Å². The third-order valence-electron chi connectivity index (χ3n) is 3.60. The monoisotopic (exact) mass is 361 g/mol. The van der Waals surface area contributed by atoms with Crippen LogP contribution in [0.2, 0.25) is 5.02 Å². The van der Waals surface area contributed by atoms with Gasteiger partial charge in [0.15, 0.2) is 6.61 Å². The van der Waals surface area contributed by atoms with Gasteiger partial charge in [-0.1, -0.05) is 41.4 Å². The summed E-state index contributed by atoms with van der Waals surface area (Å²) in [6.07, 6.45) is 0. The molecule has 4 nitrogen and oxygen atoms in total. The Balaban J connectivity index is 1.85. The van der Waals surface area contributed by atoms with Crippen LogP contribution in [0.1, 0.15) is 13.8 Å². The predicted octanol–water partition coefficient (Wildman–Crippen LogP) is 2.71. The number of hydrogen-bond donors (Lipinski definition) is 1. The Bertz CT molecular complexity index is 515. The van der Waals surface area contributed by atoms with Gasteiger partial charge in [0, 0.05) is 4.47 Å². The first-order valence-electron chi connectivity index (χ1n) is 6.40. The van der Waals surface area contributed by atoms with Crippen molar-refractivity contribution in [1.29, 1.82) is 0 Å². The van der Waals surface area contributed by atoms with Crippen LogP contribution in [-0.4, -0.2) is 41.2 Å². The lowest BCUT2D eigenvalue weighted by Gasteiger charge is -2.48. The second-order valence-corrected chi connectivity index (χ2v) is 6.69. The quantitative estimate of drug-likeness (QED) is 0.896. The van der Waals surface area contributed by atoms with E-state index in [1.807, 2.05) is 13.8 Å². The summed E-state index contributed by atoms with van der Waals surface area (Å²) in [5, 5.41) is 10.6. The molecule has 1 N–H and O–H groups in total. The summed E-state index contributed by atoms with van der Waals surface area (Å²) in [7, 11) is 0. The van der Waals surface area contributed by atoms with Crippen LogP contribution in [0.15, 0.2) is 22.7 Å². The molecular weight excluding hydrogens is 346 g/mol. The highest BCUT2D eigenvalue weighted by atomic mass is 79.9. The molecule has 1 amide bonds. The number of nitrogens with zero attached hydrogens (tertiary/aromatic N) is 1. The van der Waals surface area contributed by atoms with E-state index in [1.54, 1.807) is 23.1 Å². The lowest BCUT2D eigenvalue weighted by molar-refractivity contribution is -0.165. The fourth-order valence-electron chi connectivity index (χ4n) is 1.98. The van der Waals surface area contributed by atoms with E-state index < -0.39 is 5.60 Å². The third-order valence-corrected chi connectivity index (χ3v) is 4.39.